The third kappa shape index (κ3) is 4.66. The molecule has 0 aliphatic carbocycles. The highest BCUT2D eigenvalue weighted by Gasteiger charge is 2.15. The zero-order chi connectivity index (χ0) is 12.7. The van der Waals surface area contributed by atoms with Gasteiger partial charge in [-0.1, -0.05) is 31.5 Å². The molecule has 1 aromatic carbocycles. The van der Waals surface area contributed by atoms with E-state index in [4.69, 9.17) is 11.6 Å². The Bertz CT molecular complexity index is 419. The van der Waals surface area contributed by atoms with Crippen molar-refractivity contribution in [2.75, 3.05) is 12.4 Å². The number of halogens is 1. The fraction of sp³-hybridized carbons (Fsp3) is 0.500. The summed E-state index contributed by atoms with van der Waals surface area (Å²) in [6.07, 6.45) is 1.75. The smallest absolute Gasteiger partial charge is 0.211 e. The number of rotatable bonds is 7. The van der Waals surface area contributed by atoms with Crippen LogP contribution in [0.1, 0.15) is 19.8 Å². The van der Waals surface area contributed by atoms with Crippen LogP contribution in [0.4, 0.5) is 0 Å². The van der Waals surface area contributed by atoms with Crippen molar-refractivity contribution >= 4 is 21.6 Å². The predicted octanol–water partition coefficient (Wildman–Crippen LogP) is 2.62. The molecule has 0 saturated heterocycles. The Kier molecular flexibility index (Phi) is 5.95. The van der Waals surface area contributed by atoms with Gasteiger partial charge in [-0.25, -0.2) is 13.1 Å². The Balaban J connectivity index is 2.62. The molecule has 1 aromatic rings. The first-order valence-electron chi connectivity index (χ1n) is 5.70. The second-order valence-corrected chi connectivity index (χ2v) is 6.06. The van der Waals surface area contributed by atoms with Gasteiger partial charge < -0.3 is 0 Å². The Morgan fingerprint density at radius 1 is 1.29 bits per heavy atom. The summed E-state index contributed by atoms with van der Waals surface area (Å²) < 4.78 is 26.5. The number of benzene rings is 1. The molecule has 1 unspecified atom stereocenters. The molecule has 17 heavy (non-hydrogen) atoms. The molecular weight excluding hydrogens is 258 g/mol. The minimum absolute atomic E-state index is 0.297. The van der Waals surface area contributed by atoms with Gasteiger partial charge in [0.25, 0.3) is 0 Å². The van der Waals surface area contributed by atoms with Gasteiger partial charge in [-0.2, -0.15) is 0 Å². The molecule has 0 bridgehead atoms. The van der Waals surface area contributed by atoms with Crippen LogP contribution in [0, 0.1) is 5.92 Å². The van der Waals surface area contributed by atoms with Crippen molar-refractivity contribution in [2.24, 2.45) is 5.92 Å². The van der Waals surface area contributed by atoms with Gasteiger partial charge in [0.1, 0.15) is 0 Å². The van der Waals surface area contributed by atoms with Gasteiger partial charge in [0.15, 0.2) is 0 Å². The first kappa shape index (κ1) is 14.5. The van der Waals surface area contributed by atoms with Gasteiger partial charge in [0.05, 0.1) is 4.90 Å². The Labute approximate surface area is 108 Å². The molecule has 3 nitrogen and oxygen atoms in total. The van der Waals surface area contributed by atoms with E-state index in [0.29, 0.717) is 23.2 Å². The van der Waals surface area contributed by atoms with E-state index in [0.717, 1.165) is 12.8 Å². The number of alkyl halides is 1. The maximum absolute atomic E-state index is 11.9. The lowest BCUT2D eigenvalue weighted by molar-refractivity contribution is 0.481. The number of sulfonamides is 1. The molecule has 0 radical (unpaired) electrons. The van der Waals surface area contributed by atoms with Crippen molar-refractivity contribution in [1.82, 2.24) is 4.72 Å². The Morgan fingerprint density at radius 3 is 2.47 bits per heavy atom. The van der Waals surface area contributed by atoms with Gasteiger partial charge in [0.2, 0.25) is 10.0 Å². The molecule has 1 atom stereocenters. The molecule has 0 aliphatic rings. The molecule has 0 spiro atoms. The molecule has 0 aromatic heterocycles. The molecule has 0 saturated carbocycles. The lowest BCUT2D eigenvalue weighted by Crippen LogP contribution is -2.29. The third-order valence-electron chi connectivity index (χ3n) is 2.71. The maximum Gasteiger partial charge on any atom is 0.240 e. The number of hydrogen-bond acceptors (Lipinski definition) is 2. The van der Waals surface area contributed by atoms with Crippen molar-refractivity contribution in [3.8, 4) is 0 Å². The van der Waals surface area contributed by atoms with Crippen LogP contribution in [0.5, 0.6) is 0 Å². The molecule has 5 heteroatoms. The van der Waals surface area contributed by atoms with Crippen LogP contribution < -0.4 is 4.72 Å². The number of hydrogen-bond donors (Lipinski definition) is 1. The summed E-state index contributed by atoms with van der Waals surface area (Å²) in [7, 11) is -3.38. The largest absolute Gasteiger partial charge is 0.240 e. The third-order valence-corrected chi connectivity index (χ3v) is 4.37. The molecular formula is C12H18ClNO2S. The van der Waals surface area contributed by atoms with Crippen LogP contribution in [0.15, 0.2) is 35.2 Å². The standard InChI is InChI=1S/C12H18ClNO2S/c1-2-11(8-9-13)10-14-17(15,16)12-6-4-3-5-7-12/h3-7,11,14H,2,8-10H2,1H3. The molecule has 1 rings (SSSR count). The summed E-state index contributed by atoms with van der Waals surface area (Å²) in [5.41, 5.74) is 0. The van der Waals surface area contributed by atoms with Crippen molar-refractivity contribution in [3.05, 3.63) is 30.3 Å². The van der Waals surface area contributed by atoms with Crippen LogP contribution in [-0.2, 0) is 10.0 Å². The summed E-state index contributed by atoms with van der Waals surface area (Å²) >= 11 is 5.66. The van der Waals surface area contributed by atoms with Crippen LogP contribution >= 0.6 is 11.6 Å². The average molecular weight is 276 g/mol. The van der Waals surface area contributed by atoms with Crippen LogP contribution in [0.3, 0.4) is 0 Å². The van der Waals surface area contributed by atoms with Crippen molar-refractivity contribution in [3.63, 3.8) is 0 Å². The lowest BCUT2D eigenvalue weighted by Gasteiger charge is -2.14. The average Bonchev–Trinajstić information content (AvgIpc) is 2.35. The molecule has 0 aliphatic heterocycles. The minimum atomic E-state index is -3.38. The lowest BCUT2D eigenvalue weighted by atomic mass is 10.0. The highest BCUT2D eigenvalue weighted by atomic mass is 35.5. The molecule has 1 N–H and O–H groups in total. The quantitative estimate of drug-likeness (QED) is 0.778. The van der Waals surface area contributed by atoms with Crippen LogP contribution in [-0.4, -0.2) is 20.8 Å². The highest BCUT2D eigenvalue weighted by Crippen LogP contribution is 2.11. The highest BCUT2D eigenvalue weighted by molar-refractivity contribution is 7.89. The van der Waals surface area contributed by atoms with E-state index in [1.165, 1.54) is 0 Å². The zero-order valence-corrected chi connectivity index (χ0v) is 11.5. The first-order valence-corrected chi connectivity index (χ1v) is 7.72. The van der Waals surface area contributed by atoms with Gasteiger partial charge in [-0.15, -0.1) is 11.6 Å². The maximum atomic E-state index is 11.9. The van der Waals surface area contributed by atoms with E-state index in [1.807, 2.05) is 6.92 Å². The second-order valence-electron chi connectivity index (χ2n) is 3.92. The summed E-state index contributed by atoms with van der Waals surface area (Å²) in [6, 6.07) is 8.40. The van der Waals surface area contributed by atoms with Crippen molar-refractivity contribution in [2.45, 2.75) is 24.7 Å². The number of nitrogens with one attached hydrogen (secondary N) is 1. The van der Waals surface area contributed by atoms with Crippen molar-refractivity contribution in [1.29, 1.82) is 0 Å². The van der Waals surface area contributed by atoms with Crippen LogP contribution in [0.25, 0.3) is 0 Å². The fourth-order valence-electron chi connectivity index (χ4n) is 1.52. The van der Waals surface area contributed by atoms with E-state index >= 15 is 0 Å². The van der Waals surface area contributed by atoms with Gasteiger partial charge in [-0.05, 0) is 24.5 Å². The van der Waals surface area contributed by atoms with E-state index < -0.39 is 10.0 Å². The van der Waals surface area contributed by atoms with E-state index in [1.54, 1.807) is 30.3 Å². The summed E-state index contributed by atoms with van der Waals surface area (Å²) in [5.74, 6) is 0.858. The van der Waals surface area contributed by atoms with E-state index in [9.17, 15) is 8.42 Å². The Hall–Kier alpha value is -0.580. The monoisotopic (exact) mass is 275 g/mol. The normalized spacial score (nSPS) is 13.5. The molecule has 0 amide bonds. The van der Waals surface area contributed by atoms with Gasteiger partial charge in [0, 0.05) is 12.4 Å². The molecule has 96 valence electrons. The van der Waals surface area contributed by atoms with E-state index in [2.05, 4.69) is 4.72 Å². The SMILES string of the molecule is CCC(CCCl)CNS(=O)(=O)c1ccccc1. The zero-order valence-electron chi connectivity index (χ0n) is 9.90. The molecule has 0 fully saturated rings. The first-order chi connectivity index (χ1) is 8.10. The van der Waals surface area contributed by atoms with Crippen LogP contribution in [0.2, 0.25) is 0 Å². The van der Waals surface area contributed by atoms with Gasteiger partial charge >= 0.3 is 0 Å². The summed E-state index contributed by atoms with van der Waals surface area (Å²) in [5, 5.41) is 0. The predicted molar refractivity (Wildman–Crippen MR) is 70.7 cm³/mol. The van der Waals surface area contributed by atoms with Gasteiger partial charge in [-0.3, -0.25) is 0 Å². The fourth-order valence-corrected chi connectivity index (χ4v) is 2.96. The summed E-state index contributed by atoms with van der Waals surface area (Å²) in [4.78, 5) is 0.306. The Morgan fingerprint density at radius 2 is 1.94 bits per heavy atom. The second kappa shape index (κ2) is 6.99. The topological polar surface area (TPSA) is 46.2 Å². The molecule has 0 heterocycles. The van der Waals surface area contributed by atoms with E-state index in [-0.39, 0.29) is 0 Å². The van der Waals surface area contributed by atoms with Crippen molar-refractivity contribution < 1.29 is 8.42 Å². The summed E-state index contributed by atoms with van der Waals surface area (Å²) in [6.45, 7) is 2.48. The minimum Gasteiger partial charge on any atom is -0.211 e.